The average Bonchev–Trinajstić information content (AvgIpc) is 3.19. The molecule has 0 aliphatic heterocycles. The fraction of sp³-hybridized carbons (Fsp3) is 0.0909. The summed E-state index contributed by atoms with van der Waals surface area (Å²) in [7, 11) is 0. The van der Waals surface area contributed by atoms with Crippen molar-refractivity contribution in [3.8, 4) is 22.3 Å². The highest BCUT2D eigenvalue weighted by Crippen LogP contribution is 2.29. The maximum atomic E-state index is 12.7. The number of ether oxygens (including phenoxy) is 1. The van der Waals surface area contributed by atoms with Crippen molar-refractivity contribution in [2.45, 2.75) is 13.8 Å². The van der Waals surface area contributed by atoms with Gasteiger partial charge in [-0.1, -0.05) is 29.8 Å². The normalized spacial score (nSPS) is 10.6. The molecule has 4 aromatic rings. The second-order valence-electron chi connectivity index (χ2n) is 6.46. The van der Waals surface area contributed by atoms with E-state index >= 15 is 0 Å². The minimum Gasteiger partial charge on any atom is -0.424 e. The van der Waals surface area contributed by atoms with E-state index in [2.05, 4.69) is 33.3 Å². The van der Waals surface area contributed by atoms with E-state index in [0.717, 1.165) is 16.1 Å². The molecule has 2 heterocycles. The van der Waals surface area contributed by atoms with Gasteiger partial charge in [0.25, 0.3) is 5.91 Å². The number of nitrogens with zero attached hydrogens (tertiary/aromatic N) is 3. The number of anilines is 1. The third kappa shape index (κ3) is 4.47. The number of hydrogen-bond acceptors (Lipinski definition) is 6. The predicted molar refractivity (Wildman–Crippen MR) is 114 cm³/mol. The second kappa shape index (κ2) is 8.20. The molecule has 0 atom stereocenters. The first-order valence-electron chi connectivity index (χ1n) is 8.98. The fourth-order valence-electron chi connectivity index (χ4n) is 2.83. The quantitative estimate of drug-likeness (QED) is 0.493. The molecule has 144 valence electrons. The van der Waals surface area contributed by atoms with Crippen molar-refractivity contribution in [2.24, 2.45) is 0 Å². The molecule has 6 nitrogen and oxygen atoms in total. The molecule has 4 rings (SSSR count). The van der Waals surface area contributed by atoms with Gasteiger partial charge in [0.05, 0.1) is 6.20 Å². The molecule has 1 N–H and O–H groups in total. The minimum atomic E-state index is -0.216. The van der Waals surface area contributed by atoms with Gasteiger partial charge in [0, 0.05) is 29.7 Å². The van der Waals surface area contributed by atoms with Crippen LogP contribution >= 0.6 is 11.3 Å². The van der Waals surface area contributed by atoms with Gasteiger partial charge in [0.2, 0.25) is 0 Å². The van der Waals surface area contributed by atoms with E-state index in [-0.39, 0.29) is 11.9 Å². The Bertz CT molecular complexity index is 1160. The number of carbonyl (C=O) groups is 1. The standard InChI is InChI=1S/C22H18N4O2S/c1-14-7-8-18(15(2)11-14)21-25-13-19(29-21)20(27)26-16-5-3-6-17(12-16)28-22-23-9-4-10-24-22/h3-13H,1-2H3,(H,26,27). The molecule has 0 fully saturated rings. The summed E-state index contributed by atoms with van der Waals surface area (Å²) in [6.45, 7) is 4.10. The van der Waals surface area contributed by atoms with Gasteiger partial charge < -0.3 is 10.1 Å². The number of aromatic nitrogens is 3. The third-order valence-corrected chi connectivity index (χ3v) is 5.21. The van der Waals surface area contributed by atoms with Crippen LogP contribution in [0.4, 0.5) is 5.69 Å². The molecule has 1 amide bonds. The van der Waals surface area contributed by atoms with Crippen molar-refractivity contribution in [3.63, 3.8) is 0 Å². The van der Waals surface area contributed by atoms with Crippen LogP contribution in [0.25, 0.3) is 10.6 Å². The summed E-state index contributed by atoms with van der Waals surface area (Å²) in [5.74, 6) is 0.320. The summed E-state index contributed by atoms with van der Waals surface area (Å²) in [4.78, 5) is 25.7. The molecule has 2 aromatic heterocycles. The van der Waals surface area contributed by atoms with Crippen LogP contribution in [-0.2, 0) is 0 Å². The van der Waals surface area contributed by atoms with E-state index in [0.29, 0.717) is 16.3 Å². The zero-order chi connectivity index (χ0) is 20.2. The van der Waals surface area contributed by atoms with Crippen LogP contribution in [0.3, 0.4) is 0 Å². The number of carbonyl (C=O) groups excluding carboxylic acids is 1. The zero-order valence-corrected chi connectivity index (χ0v) is 16.7. The van der Waals surface area contributed by atoms with Crippen LogP contribution in [0.15, 0.2) is 67.1 Å². The molecule has 0 unspecified atom stereocenters. The molecule has 0 aliphatic carbocycles. The smallest absolute Gasteiger partial charge is 0.321 e. The van der Waals surface area contributed by atoms with Gasteiger partial charge in [-0.3, -0.25) is 4.79 Å². The zero-order valence-electron chi connectivity index (χ0n) is 15.9. The van der Waals surface area contributed by atoms with Crippen molar-refractivity contribution in [3.05, 3.63) is 83.1 Å². The van der Waals surface area contributed by atoms with Gasteiger partial charge in [-0.05, 0) is 37.6 Å². The lowest BCUT2D eigenvalue weighted by Crippen LogP contribution is -2.10. The summed E-state index contributed by atoms with van der Waals surface area (Å²) in [6.07, 6.45) is 4.81. The Morgan fingerprint density at radius 2 is 1.83 bits per heavy atom. The third-order valence-electron chi connectivity index (χ3n) is 4.18. The Balaban J connectivity index is 1.49. The Morgan fingerprint density at radius 3 is 2.62 bits per heavy atom. The van der Waals surface area contributed by atoms with E-state index in [1.165, 1.54) is 16.9 Å². The lowest BCUT2D eigenvalue weighted by molar-refractivity contribution is 0.103. The maximum Gasteiger partial charge on any atom is 0.321 e. The Labute approximate surface area is 172 Å². The number of hydrogen-bond donors (Lipinski definition) is 1. The number of thiazole rings is 1. The first kappa shape index (κ1) is 18.8. The molecular weight excluding hydrogens is 384 g/mol. The Morgan fingerprint density at radius 1 is 1.00 bits per heavy atom. The van der Waals surface area contributed by atoms with Crippen LogP contribution in [0.1, 0.15) is 20.8 Å². The first-order valence-corrected chi connectivity index (χ1v) is 9.80. The molecular formula is C22H18N4O2S. The van der Waals surface area contributed by atoms with E-state index in [4.69, 9.17) is 4.74 Å². The lowest BCUT2D eigenvalue weighted by atomic mass is 10.1. The molecule has 0 saturated carbocycles. The van der Waals surface area contributed by atoms with Crippen molar-refractivity contribution < 1.29 is 9.53 Å². The van der Waals surface area contributed by atoms with Crippen molar-refractivity contribution in [1.82, 2.24) is 15.0 Å². The van der Waals surface area contributed by atoms with Gasteiger partial charge in [-0.25, -0.2) is 15.0 Å². The maximum absolute atomic E-state index is 12.7. The monoisotopic (exact) mass is 402 g/mol. The van der Waals surface area contributed by atoms with Crippen molar-refractivity contribution >= 4 is 22.9 Å². The molecule has 0 bridgehead atoms. The largest absolute Gasteiger partial charge is 0.424 e. The Kier molecular flexibility index (Phi) is 5.31. The van der Waals surface area contributed by atoms with Gasteiger partial charge in [0.15, 0.2) is 0 Å². The van der Waals surface area contributed by atoms with Crippen LogP contribution in [0, 0.1) is 13.8 Å². The number of rotatable bonds is 5. The van der Waals surface area contributed by atoms with Gasteiger partial charge in [-0.2, -0.15) is 0 Å². The van der Waals surface area contributed by atoms with E-state index in [1.54, 1.807) is 48.9 Å². The molecule has 2 aromatic carbocycles. The predicted octanol–water partition coefficient (Wildman–Crippen LogP) is 5.26. The summed E-state index contributed by atoms with van der Waals surface area (Å²) >= 11 is 1.37. The Hall–Kier alpha value is -3.58. The molecule has 29 heavy (non-hydrogen) atoms. The molecule has 7 heteroatoms. The summed E-state index contributed by atoms with van der Waals surface area (Å²) in [5.41, 5.74) is 3.99. The molecule has 0 aliphatic rings. The summed E-state index contributed by atoms with van der Waals surface area (Å²) < 4.78 is 5.61. The average molecular weight is 402 g/mol. The molecule has 0 spiro atoms. The number of amides is 1. The topological polar surface area (TPSA) is 77.0 Å². The molecule has 0 saturated heterocycles. The summed E-state index contributed by atoms with van der Waals surface area (Å²) in [5, 5.41) is 3.71. The van der Waals surface area contributed by atoms with Crippen molar-refractivity contribution in [1.29, 1.82) is 0 Å². The van der Waals surface area contributed by atoms with Crippen LogP contribution < -0.4 is 10.1 Å². The number of benzene rings is 2. The molecule has 0 radical (unpaired) electrons. The van der Waals surface area contributed by atoms with Crippen LogP contribution in [0.5, 0.6) is 11.8 Å². The van der Waals surface area contributed by atoms with E-state index < -0.39 is 0 Å². The number of nitrogens with one attached hydrogen (secondary N) is 1. The highest BCUT2D eigenvalue weighted by atomic mass is 32.1. The highest BCUT2D eigenvalue weighted by Gasteiger charge is 2.14. The lowest BCUT2D eigenvalue weighted by Gasteiger charge is -2.07. The number of aryl methyl sites for hydroxylation is 2. The van der Waals surface area contributed by atoms with Crippen molar-refractivity contribution in [2.75, 3.05) is 5.32 Å². The SMILES string of the molecule is Cc1ccc(-c2ncc(C(=O)Nc3cccc(Oc4ncccn4)c3)s2)c(C)c1. The fourth-order valence-corrected chi connectivity index (χ4v) is 3.73. The van der Waals surface area contributed by atoms with E-state index in [9.17, 15) is 4.79 Å². The minimum absolute atomic E-state index is 0.216. The highest BCUT2D eigenvalue weighted by molar-refractivity contribution is 7.17. The van der Waals surface area contributed by atoms with Gasteiger partial charge in [-0.15, -0.1) is 11.3 Å². The van der Waals surface area contributed by atoms with E-state index in [1.807, 2.05) is 19.1 Å². The summed E-state index contributed by atoms with van der Waals surface area (Å²) in [6, 6.07) is 15.2. The van der Waals surface area contributed by atoms with Crippen LogP contribution in [0.2, 0.25) is 0 Å². The van der Waals surface area contributed by atoms with Gasteiger partial charge >= 0.3 is 6.01 Å². The van der Waals surface area contributed by atoms with Crippen LogP contribution in [-0.4, -0.2) is 20.9 Å². The van der Waals surface area contributed by atoms with Gasteiger partial charge in [0.1, 0.15) is 15.6 Å². The first-order chi connectivity index (χ1) is 14.1. The second-order valence-corrected chi connectivity index (χ2v) is 7.49.